The molecule has 0 aliphatic carbocycles. The number of benzene rings is 1. The molecule has 3 N–H and O–H groups in total. The highest BCUT2D eigenvalue weighted by Gasteiger charge is 2.33. The largest absolute Gasteiger partial charge is 0.481 e. The van der Waals surface area contributed by atoms with Gasteiger partial charge >= 0.3 is 12.1 Å². The number of nitrogens with one attached hydrogen (secondary N) is 2. The van der Waals surface area contributed by atoms with Crippen LogP contribution in [0.5, 0.6) is 0 Å². The summed E-state index contributed by atoms with van der Waals surface area (Å²) < 4.78 is 37.9. The Kier molecular flexibility index (Phi) is 6.93. The van der Waals surface area contributed by atoms with Crippen LogP contribution in [0.1, 0.15) is 25.8 Å². The van der Waals surface area contributed by atoms with Crippen LogP contribution in [-0.2, 0) is 15.8 Å². The van der Waals surface area contributed by atoms with Crippen LogP contribution in [0.4, 0.5) is 24.5 Å². The van der Waals surface area contributed by atoms with E-state index >= 15 is 0 Å². The van der Waals surface area contributed by atoms with Crippen molar-refractivity contribution in [2.75, 3.05) is 11.9 Å². The van der Waals surface area contributed by atoms with Crippen molar-refractivity contribution >= 4 is 23.3 Å². The van der Waals surface area contributed by atoms with E-state index in [9.17, 15) is 32.9 Å². The van der Waals surface area contributed by atoms with Crippen LogP contribution in [0.25, 0.3) is 0 Å². The average molecular weight is 377 g/mol. The molecule has 0 fully saturated rings. The summed E-state index contributed by atoms with van der Waals surface area (Å²) in [4.78, 5) is 32.6. The number of rotatable bonds is 8. The maximum Gasteiger partial charge on any atom is 0.416 e. The fraction of sp³-hybridized carbons (Fsp3) is 0.467. The third-order valence-electron chi connectivity index (χ3n) is 3.72. The second kappa shape index (κ2) is 8.50. The predicted molar refractivity (Wildman–Crippen MR) is 85.6 cm³/mol. The van der Waals surface area contributed by atoms with Gasteiger partial charge in [0.2, 0.25) is 5.91 Å². The second-order valence-corrected chi connectivity index (χ2v) is 5.65. The zero-order valence-corrected chi connectivity index (χ0v) is 14.0. The molecule has 2 unspecified atom stereocenters. The first-order chi connectivity index (χ1) is 11.9. The van der Waals surface area contributed by atoms with Crippen molar-refractivity contribution in [2.45, 2.75) is 32.5 Å². The Morgan fingerprint density at radius 2 is 1.92 bits per heavy atom. The number of carboxylic acids is 1. The van der Waals surface area contributed by atoms with Crippen LogP contribution in [0.2, 0.25) is 0 Å². The quantitative estimate of drug-likeness (QED) is 0.473. The molecule has 2 atom stereocenters. The number of nitro groups is 1. The summed E-state index contributed by atoms with van der Waals surface area (Å²) >= 11 is 0. The zero-order chi connectivity index (χ0) is 20.1. The Hall–Kier alpha value is -2.85. The summed E-state index contributed by atoms with van der Waals surface area (Å²) in [5.74, 6) is -2.37. The monoisotopic (exact) mass is 377 g/mol. The van der Waals surface area contributed by atoms with Crippen molar-refractivity contribution in [3.63, 3.8) is 0 Å². The molecule has 0 bridgehead atoms. The summed E-state index contributed by atoms with van der Waals surface area (Å²) in [6.45, 7) is 2.87. The van der Waals surface area contributed by atoms with E-state index < -0.39 is 46.2 Å². The van der Waals surface area contributed by atoms with Gasteiger partial charge in [-0.25, -0.2) is 0 Å². The molecule has 0 heterocycles. The number of anilines is 1. The normalized spacial score (nSPS) is 13.6. The fourth-order valence-corrected chi connectivity index (χ4v) is 1.98. The SMILES string of the molecule is CC(NC(=O)CCNc1ccc(C(F)(F)F)cc1[N+](=O)[O-])C(C)C(=O)O. The molecule has 0 aliphatic rings. The summed E-state index contributed by atoms with van der Waals surface area (Å²) in [6, 6.07) is 1.42. The molecule has 144 valence electrons. The lowest BCUT2D eigenvalue weighted by atomic mass is 10.0. The molecular weight excluding hydrogens is 359 g/mol. The molecule has 1 aromatic carbocycles. The lowest BCUT2D eigenvalue weighted by Crippen LogP contribution is -2.40. The summed E-state index contributed by atoms with van der Waals surface area (Å²) in [5.41, 5.74) is -2.06. The highest BCUT2D eigenvalue weighted by atomic mass is 19.4. The Bertz CT molecular complexity index is 694. The Labute approximate surface area is 146 Å². The van der Waals surface area contributed by atoms with E-state index in [1.54, 1.807) is 0 Å². The Morgan fingerprint density at radius 3 is 2.42 bits per heavy atom. The van der Waals surface area contributed by atoms with Crippen molar-refractivity contribution < 1.29 is 32.8 Å². The molecule has 0 aliphatic heterocycles. The van der Waals surface area contributed by atoms with E-state index in [1.165, 1.54) is 13.8 Å². The van der Waals surface area contributed by atoms with Gasteiger partial charge in [0, 0.05) is 25.1 Å². The van der Waals surface area contributed by atoms with Crippen LogP contribution in [0.3, 0.4) is 0 Å². The summed E-state index contributed by atoms with van der Waals surface area (Å²) in [7, 11) is 0. The number of hydrogen-bond acceptors (Lipinski definition) is 5. The number of halogens is 3. The second-order valence-electron chi connectivity index (χ2n) is 5.65. The fourth-order valence-electron chi connectivity index (χ4n) is 1.98. The molecule has 11 heteroatoms. The van der Waals surface area contributed by atoms with E-state index in [-0.39, 0.29) is 18.7 Å². The van der Waals surface area contributed by atoms with Gasteiger partial charge < -0.3 is 15.7 Å². The van der Waals surface area contributed by atoms with Crippen molar-refractivity contribution in [1.29, 1.82) is 0 Å². The van der Waals surface area contributed by atoms with Crippen molar-refractivity contribution in [1.82, 2.24) is 5.32 Å². The van der Waals surface area contributed by atoms with E-state index in [0.29, 0.717) is 12.1 Å². The molecule has 0 radical (unpaired) electrons. The molecular formula is C15H18F3N3O5. The molecule has 0 spiro atoms. The third kappa shape index (κ3) is 5.90. The number of aliphatic carboxylic acids is 1. The van der Waals surface area contributed by atoms with Crippen LogP contribution >= 0.6 is 0 Å². The van der Waals surface area contributed by atoms with Crippen molar-refractivity contribution in [3.05, 3.63) is 33.9 Å². The van der Waals surface area contributed by atoms with E-state index in [2.05, 4.69) is 10.6 Å². The molecule has 1 amide bonds. The number of nitro benzene ring substituents is 1. The minimum absolute atomic E-state index is 0.0772. The molecule has 1 rings (SSSR count). The standard InChI is InChI=1S/C15H18F3N3O5/c1-8(14(23)24)9(2)20-13(22)5-6-19-11-4-3-10(15(16,17)18)7-12(11)21(25)26/h3-4,7-9,19H,5-6H2,1-2H3,(H,20,22)(H,23,24). The first-order valence-electron chi connectivity index (χ1n) is 7.55. The van der Waals surface area contributed by atoms with Gasteiger partial charge in [-0.2, -0.15) is 13.2 Å². The molecule has 26 heavy (non-hydrogen) atoms. The van der Waals surface area contributed by atoms with Gasteiger partial charge in [-0.1, -0.05) is 0 Å². The maximum absolute atomic E-state index is 12.6. The van der Waals surface area contributed by atoms with Crippen molar-refractivity contribution in [2.24, 2.45) is 5.92 Å². The van der Waals surface area contributed by atoms with Gasteiger partial charge in [-0.3, -0.25) is 19.7 Å². The number of alkyl halides is 3. The first-order valence-corrected chi connectivity index (χ1v) is 7.55. The van der Waals surface area contributed by atoms with E-state index in [0.717, 1.165) is 6.07 Å². The van der Waals surface area contributed by atoms with Crippen LogP contribution in [0.15, 0.2) is 18.2 Å². The van der Waals surface area contributed by atoms with Gasteiger partial charge in [0.15, 0.2) is 0 Å². The number of hydrogen-bond donors (Lipinski definition) is 3. The maximum atomic E-state index is 12.6. The highest BCUT2D eigenvalue weighted by Crippen LogP contribution is 2.34. The smallest absolute Gasteiger partial charge is 0.416 e. The Balaban J connectivity index is 2.69. The predicted octanol–water partition coefficient (Wildman–Crippen LogP) is 2.64. The topological polar surface area (TPSA) is 122 Å². The van der Waals surface area contributed by atoms with Crippen molar-refractivity contribution in [3.8, 4) is 0 Å². The van der Waals surface area contributed by atoms with Gasteiger partial charge in [0.1, 0.15) is 5.69 Å². The number of carboxylic acid groups (broad SMARTS) is 1. The number of amides is 1. The molecule has 0 saturated heterocycles. The summed E-state index contributed by atoms with van der Waals surface area (Å²) in [5, 5.41) is 24.8. The van der Waals surface area contributed by atoms with E-state index in [4.69, 9.17) is 5.11 Å². The first kappa shape index (κ1) is 21.2. The van der Waals surface area contributed by atoms with Crippen LogP contribution in [-0.4, -0.2) is 34.5 Å². The lowest BCUT2D eigenvalue weighted by molar-refractivity contribution is -0.384. The van der Waals surface area contributed by atoms with Gasteiger partial charge in [-0.05, 0) is 26.0 Å². The minimum atomic E-state index is -4.71. The van der Waals surface area contributed by atoms with Gasteiger partial charge in [0.25, 0.3) is 5.69 Å². The van der Waals surface area contributed by atoms with Gasteiger partial charge in [0.05, 0.1) is 16.4 Å². The summed E-state index contributed by atoms with van der Waals surface area (Å²) in [6.07, 6.45) is -4.85. The average Bonchev–Trinajstić information content (AvgIpc) is 2.52. The lowest BCUT2D eigenvalue weighted by Gasteiger charge is -2.18. The molecule has 0 aromatic heterocycles. The Morgan fingerprint density at radius 1 is 1.31 bits per heavy atom. The number of carbonyl (C=O) groups is 2. The molecule has 8 nitrogen and oxygen atoms in total. The number of carbonyl (C=O) groups excluding carboxylic acids is 1. The van der Waals surface area contributed by atoms with Gasteiger partial charge in [-0.15, -0.1) is 0 Å². The molecule has 1 aromatic rings. The third-order valence-corrected chi connectivity index (χ3v) is 3.72. The minimum Gasteiger partial charge on any atom is -0.481 e. The number of nitrogens with zero attached hydrogens (tertiary/aromatic N) is 1. The van der Waals surface area contributed by atoms with Crippen LogP contribution < -0.4 is 10.6 Å². The van der Waals surface area contributed by atoms with E-state index in [1.807, 2.05) is 0 Å². The molecule has 0 saturated carbocycles. The zero-order valence-electron chi connectivity index (χ0n) is 14.0. The highest BCUT2D eigenvalue weighted by molar-refractivity contribution is 5.78. The van der Waals surface area contributed by atoms with Crippen LogP contribution in [0, 0.1) is 16.0 Å².